The zero-order valence-corrected chi connectivity index (χ0v) is 14.8. The SMILES string of the molecule is CCC(N)C(Oc1cc(Br)ccc1F)c1cc(Br)cs1. The number of benzene rings is 1. The van der Waals surface area contributed by atoms with Crippen LogP contribution < -0.4 is 10.5 Å². The van der Waals surface area contributed by atoms with Gasteiger partial charge in [-0.3, -0.25) is 0 Å². The lowest BCUT2D eigenvalue weighted by atomic mass is 10.1. The average Bonchev–Trinajstić information content (AvgIpc) is 2.85. The molecule has 2 nitrogen and oxygen atoms in total. The molecule has 0 radical (unpaired) electrons. The Morgan fingerprint density at radius 1 is 1.30 bits per heavy atom. The summed E-state index contributed by atoms with van der Waals surface area (Å²) in [6, 6.07) is 6.39. The normalized spacial score (nSPS) is 14.1. The lowest BCUT2D eigenvalue weighted by molar-refractivity contribution is 0.167. The third-order valence-electron chi connectivity index (χ3n) is 2.88. The number of thiophene rings is 1. The van der Waals surface area contributed by atoms with Gasteiger partial charge < -0.3 is 10.5 Å². The van der Waals surface area contributed by atoms with Crippen molar-refractivity contribution in [2.45, 2.75) is 25.5 Å². The van der Waals surface area contributed by atoms with Crippen LogP contribution in [0.15, 0.2) is 38.6 Å². The third-order valence-corrected chi connectivity index (χ3v) is 5.12. The highest BCUT2D eigenvalue weighted by atomic mass is 79.9. The molecule has 0 aliphatic carbocycles. The van der Waals surface area contributed by atoms with Crippen molar-refractivity contribution in [2.24, 2.45) is 5.73 Å². The first-order chi connectivity index (χ1) is 9.51. The van der Waals surface area contributed by atoms with E-state index >= 15 is 0 Å². The molecule has 0 saturated heterocycles. The van der Waals surface area contributed by atoms with Crippen molar-refractivity contribution in [3.05, 3.63) is 49.3 Å². The van der Waals surface area contributed by atoms with Crippen LogP contribution in [0, 0.1) is 5.82 Å². The van der Waals surface area contributed by atoms with Gasteiger partial charge in [0.25, 0.3) is 0 Å². The number of hydrogen-bond donors (Lipinski definition) is 1. The minimum absolute atomic E-state index is 0.195. The van der Waals surface area contributed by atoms with Gasteiger partial charge in [0, 0.05) is 25.2 Å². The summed E-state index contributed by atoms with van der Waals surface area (Å²) in [5, 5.41) is 1.96. The van der Waals surface area contributed by atoms with Gasteiger partial charge in [-0.2, -0.15) is 0 Å². The van der Waals surface area contributed by atoms with Gasteiger partial charge in [-0.25, -0.2) is 4.39 Å². The maximum atomic E-state index is 13.8. The molecule has 0 amide bonds. The summed E-state index contributed by atoms with van der Waals surface area (Å²) in [6.07, 6.45) is 0.385. The lowest BCUT2D eigenvalue weighted by Gasteiger charge is -2.23. The van der Waals surface area contributed by atoms with Crippen LogP contribution >= 0.6 is 43.2 Å². The molecule has 1 aromatic carbocycles. The van der Waals surface area contributed by atoms with E-state index in [4.69, 9.17) is 10.5 Å². The minimum Gasteiger partial charge on any atom is -0.480 e. The topological polar surface area (TPSA) is 35.2 Å². The molecular formula is C14H14Br2FNOS. The Labute approximate surface area is 138 Å². The van der Waals surface area contributed by atoms with Gasteiger partial charge in [-0.1, -0.05) is 22.9 Å². The fourth-order valence-corrected chi connectivity index (χ4v) is 3.64. The van der Waals surface area contributed by atoms with E-state index in [0.717, 1.165) is 20.2 Å². The quantitative estimate of drug-likeness (QED) is 0.712. The van der Waals surface area contributed by atoms with Gasteiger partial charge in [0.2, 0.25) is 0 Å². The molecule has 20 heavy (non-hydrogen) atoms. The van der Waals surface area contributed by atoms with E-state index in [-0.39, 0.29) is 17.9 Å². The minimum atomic E-state index is -0.392. The van der Waals surface area contributed by atoms with Crippen molar-refractivity contribution in [3.63, 3.8) is 0 Å². The number of hydrogen-bond acceptors (Lipinski definition) is 3. The zero-order chi connectivity index (χ0) is 14.7. The highest BCUT2D eigenvalue weighted by Crippen LogP contribution is 2.33. The molecule has 1 heterocycles. The Bertz CT molecular complexity index is 590. The largest absolute Gasteiger partial charge is 0.480 e. The molecule has 0 aliphatic heterocycles. The van der Waals surface area contributed by atoms with E-state index in [1.54, 1.807) is 23.5 Å². The van der Waals surface area contributed by atoms with Gasteiger partial charge in [0.05, 0.1) is 0 Å². The fourth-order valence-electron chi connectivity index (χ4n) is 1.75. The summed E-state index contributed by atoms with van der Waals surface area (Å²) in [5.41, 5.74) is 6.13. The maximum Gasteiger partial charge on any atom is 0.165 e. The van der Waals surface area contributed by atoms with Crippen LogP contribution in [0.3, 0.4) is 0 Å². The van der Waals surface area contributed by atoms with E-state index in [1.165, 1.54) is 6.07 Å². The van der Waals surface area contributed by atoms with E-state index < -0.39 is 5.82 Å². The molecule has 108 valence electrons. The van der Waals surface area contributed by atoms with E-state index in [1.807, 2.05) is 18.4 Å². The van der Waals surface area contributed by atoms with Crippen LogP contribution in [0.25, 0.3) is 0 Å². The van der Waals surface area contributed by atoms with Crippen molar-refractivity contribution < 1.29 is 9.13 Å². The predicted octanol–water partition coefficient (Wildman–Crippen LogP) is 5.27. The third kappa shape index (κ3) is 3.81. The first-order valence-corrected chi connectivity index (χ1v) is 8.59. The summed E-state index contributed by atoms with van der Waals surface area (Å²) in [4.78, 5) is 0.977. The molecule has 1 aromatic heterocycles. The molecule has 0 aliphatic rings. The van der Waals surface area contributed by atoms with Crippen LogP contribution in [0.5, 0.6) is 5.75 Å². The smallest absolute Gasteiger partial charge is 0.165 e. The van der Waals surface area contributed by atoms with Crippen LogP contribution in [-0.4, -0.2) is 6.04 Å². The van der Waals surface area contributed by atoms with E-state index in [0.29, 0.717) is 0 Å². The molecule has 0 saturated carbocycles. The Kier molecular flexibility index (Phi) is 5.60. The van der Waals surface area contributed by atoms with Crippen LogP contribution in [0.2, 0.25) is 0 Å². The second-order valence-corrected chi connectivity index (χ2v) is 7.13. The molecule has 2 aromatic rings. The second-order valence-electron chi connectivity index (χ2n) is 4.35. The highest BCUT2D eigenvalue weighted by molar-refractivity contribution is 9.10. The lowest BCUT2D eigenvalue weighted by Crippen LogP contribution is -2.31. The summed E-state index contributed by atoms with van der Waals surface area (Å²) in [7, 11) is 0. The van der Waals surface area contributed by atoms with Crippen LogP contribution in [0.4, 0.5) is 4.39 Å². The number of rotatable bonds is 5. The molecule has 2 atom stereocenters. The Balaban J connectivity index is 2.30. The van der Waals surface area contributed by atoms with Crippen molar-refractivity contribution in [1.29, 1.82) is 0 Å². The number of halogens is 3. The molecule has 0 bridgehead atoms. The molecule has 6 heteroatoms. The van der Waals surface area contributed by atoms with Gasteiger partial charge in [-0.15, -0.1) is 11.3 Å². The van der Waals surface area contributed by atoms with Crippen LogP contribution in [-0.2, 0) is 0 Å². The molecule has 0 fully saturated rings. The molecule has 0 spiro atoms. The van der Waals surface area contributed by atoms with Crippen molar-refractivity contribution in [3.8, 4) is 5.75 Å². The fraction of sp³-hybridized carbons (Fsp3) is 0.286. The predicted molar refractivity (Wildman–Crippen MR) is 87.8 cm³/mol. The van der Waals surface area contributed by atoms with E-state index in [2.05, 4.69) is 31.9 Å². The molecular weight excluding hydrogens is 409 g/mol. The Hall–Kier alpha value is -0.430. The summed E-state index contributed by atoms with van der Waals surface area (Å²) >= 11 is 8.28. The van der Waals surface area contributed by atoms with Crippen molar-refractivity contribution in [2.75, 3.05) is 0 Å². The first-order valence-electron chi connectivity index (χ1n) is 6.12. The van der Waals surface area contributed by atoms with Gasteiger partial charge >= 0.3 is 0 Å². The molecule has 2 rings (SSSR count). The van der Waals surface area contributed by atoms with Gasteiger partial charge in [-0.05, 0) is 46.6 Å². The molecule has 2 unspecified atom stereocenters. The first kappa shape index (κ1) is 15.9. The van der Waals surface area contributed by atoms with Gasteiger partial charge in [0.15, 0.2) is 11.6 Å². The van der Waals surface area contributed by atoms with Crippen molar-refractivity contribution in [1.82, 2.24) is 0 Å². The standard InChI is InChI=1S/C14H14Br2FNOS/c1-2-11(18)14(13-6-9(16)7-20-13)19-12-5-8(15)3-4-10(12)17/h3-7,11,14H,2,18H2,1H3. The zero-order valence-electron chi connectivity index (χ0n) is 10.8. The van der Waals surface area contributed by atoms with Gasteiger partial charge in [0.1, 0.15) is 6.10 Å². The average molecular weight is 423 g/mol. The Morgan fingerprint density at radius 2 is 2.05 bits per heavy atom. The summed E-state index contributed by atoms with van der Waals surface area (Å²) in [6.45, 7) is 1.99. The monoisotopic (exact) mass is 421 g/mol. The van der Waals surface area contributed by atoms with Crippen LogP contribution in [0.1, 0.15) is 24.3 Å². The Morgan fingerprint density at radius 3 is 2.65 bits per heavy atom. The second kappa shape index (κ2) is 7.02. The number of ether oxygens (including phenoxy) is 1. The van der Waals surface area contributed by atoms with E-state index in [9.17, 15) is 4.39 Å². The summed E-state index contributed by atoms with van der Waals surface area (Å²) < 4.78 is 21.4. The molecule has 2 N–H and O–H groups in total. The highest BCUT2D eigenvalue weighted by Gasteiger charge is 2.23. The number of nitrogens with two attached hydrogens (primary N) is 1. The van der Waals surface area contributed by atoms with Crippen molar-refractivity contribution >= 4 is 43.2 Å². The maximum absolute atomic E-state index is 13.8. The summed E-state index contributed by atoms with van der Waals surface area (Å²) in [5.74, 6) is -0.185.